The summed E-state index contributed by atoms with van der Waals surface area (Å²) in [6.07, 6.45) is 1.62. The number of benzene rings is 2. The third kappa shape index (κ3) is 5.21. The van der Waals surface area contributed by atoms with Crippen LogP contribution in [0.25, 0.3) is 11.3 Å². The van der Waals surface area contributed by atoms with E-state index < -0.39 is 5.91 Å². The highest BCUT2D eigenvalue weighted by Crippen LogP contribution is 2.28. The van der Waals surface area contributed by atoms with E-state index in [1.54, 1.807) is 23.0 Å². The number of halogens is 1. The zero-order chi connectivity index (χ0) is 23.2. The van der Waals surface area contributed by atoms with Gasteiger partial charge in [-0.05, 0) is 35.9 Å². The Labute approximate surface area is 189 Å². The Bertz CT molecular complexity index is 1300. The van der Waals surface area contributed by atoms with E-state index in [0.29, 0.717) is 23.6 Å². The minimum Gasteiger partial charge on any atom is -0.383 e. The first-order chi connectivity index (χ1) is 16.0. The molecule has 2 heterocycles. The topological polar surface area (TPSA) is 91.0 Å². The number of aromatic nitrogens is 4. The van der Waals surface area contributed by atoms with Crippen molar-refractivity contribution in [1.29, 1.82) is 0 Å². The van der Waals surface area contributed by atoms with Crippen LogP contribution in [0.3, 0.4) is 0 Å². The SMILES string of the molecule is COCCn1nc(C(=O)Nc2c(-c3ccc(F)cc3)ncn2Cc2ccccc2)ccc1=O. The average Bonchev–Trinajstić information content (AvgIpc) is 3.21. The molecule has 9 heteroatoms. The summed E-state index contributed by atoms with van der Waals surface area (Å²) in [5.41, 5.74) is 1.90. The lowest BCUT2D eigenvalue weighted by Gasteiger charge is -2.12. The van der Waals surface area contributed by atoms with Gasteiger partial charge >= 0.3 is 0 Å². The van der Waals surface area contributed by atoms with E-state index in [0.717, 1.165) is 5.56 Å². The molecule has 0 atom stereocenters. The fourth-order valence-corrected chi connectivity index (χ4v) is 3.31. The minimum absolute atomic E-state index is 0.0724. The van der Waals surface area contributed by atoms with E-state index in [1.807, 2.05) is 30.3 Å². The number of methoxy groups -OCH3 is 1. The molecule has 0 saturated carbocycles. The third-order valence-corrected chi connectivity index (χ3v) is 4.99. The molecule has 1 N–H and O–H groups in total. The summed E-state index contributed by atoms with van der Waals surface area (Å²) < 4.78 is 21.4. The van der Waals surface area contributed by atoms with Gasteiger partial charge in [0.25, 0.3) is 11.5 Å². The molecule has 0 spiro atoms. The lowest BCUT2D eigenvalue weighted by Crippen LogP contribution is -2.28. The summed E-state index contributed by atoms with van der Waals surface area (Å²) in [7, 11) is 1.52. The highest BCUT2D eigenvalue weighted by atomic mass is 19.1. The van der Waals surface area contributed by atoms with E-state index >= 15 is 0 Å². The molecule has 4 rings (SSSR count). The number of nitrogens with one attached hydrogen (secondary N) is 1. The summed E-state index contributed by atoms with van der Waals surface area (Å²) in [5.74, 6) is -0.429. The van der Waals surface area contributed by atoms with Crippen LogP contribution >= 0.6 is 0 Å². The molecule has 2 aromatic carbocycles. The summed E-state index contributed by atoms with van der Waals surface area (Å²) in [5, 5.41) is 7.02. The van der Waals surface area contributed by atoms with Crippen molar-refractivity contribution in [3.63, 3.8) is 0 Å². The zero-order valence-electron chi connectivity index (χ0n) is 17.9. The quantitative estimate of drug-likeness (QED) is 0.448. The molecule has 0 radical (unpaired) electrons. The van der Waals surface area contributed by atoms with Crippen LogP contribution in [0.1, 0.15) is 16.1 Å². The van der Waals surface area contributed by atoms with Crippen molar-refractivity contribution in [2.45, 2.75) is 13.1 Å². The van der Waals surface area contributed by atoms with Crippen molar-refractivity contribution in [2.24, 2.45) is 0 Å². The van der Waals surface area contributed by atoms with E-state index in [9.17, 15) is 14.0 Å². The molecule has 33 heavy (non-hydrogen) atoms. The summed E-state index contributed by atoms with van der Waals surface area (Å²) in [6, 6.07) is 18.3. The highest BCUT2D eigenvalue weighted by molar-refractivity contribution is 6.04. The van der Waals surface area contributed by atoms with Crippen molar-refractivity contribution in [1.82, 2.24) is 19.3 Å². The van der Waals surface area contributed by atoms with Gasteiger partial charge in [-0.2, -0.15) is 5.10 Å². The lowest BCUT2D eigenvalue weighted by atomic mass is 10.1. The van der Waals surface area contributed by atoms with Gasteiger partial charge in [-0.25, -0.2) is 14.1 Å². The number of nitrogens with zero attached hydrogens (tertiary/aromatic N) is 4. The third-order valence-electron chi connectivity index (χ3n) is 4.99. The average molecular weight is 447 g/mol. The van der Waals surface area contributed by atoms with Gasteiger partial charge in [0.05, 0.1) is 26.0 Å². The maximum atomic E-state index is 13.4. The van der Waals surface area contributed by atoms with Gasteiger partial charge in [0, 0.05) is 18.7 Å². The van der Waals surface area contributed by atoms with Gasteiger partial charge in [0.1, 0.15) is 23.0 Å². The minimum atomic E-state index is -0.501. The van der Waals surface area contributed by atoms with Crippen LogP contribution < -0.4 is 10.9 Å². The molecule has 0 saturated heterocycles. The van der Waals surface area contributed by atoms with Crippen LogP contribution in [0.15, 0.2) is 77.9 Å². The Balaban J connectivity index is 1.69. The number of amides is 1. The van der Waals surface area contributed by atoms with E-state index in [2.05, 4.69) is 15.4 Å². The standard InChI is InChI=1S/C24H22FN5O3/c1-33-14-13-30-21(31)12-11-20(28-30)24(32)27-23-22(18-7-9-19(25)10-8-18)26-16-29(23)15-17-5-3-2-4-6-17/h2-12,16H,13-15H2,1H3,(H,27,32). The second-order valence-electron chi connectivity index (χ2n) is 7.29. The van der Waals surface area contributed by atoms with Crippen molar-refractivity contribution < 1.29 is 13.9 Å². The van der Waals surface area contributed by atoms with Crippen molar-refractivity contribution in [3.8, 4) is 11.3 Å². The van der Waals surface area contributed by atoms with E-state index in [-0.39, 0.29) is 30.2 Å². The number of anilines is 1. The van der Waals surface area contributed by atoms with Gasteiger partial charge in [0.2, 0.25) is 0 Å². The summed E-state index contributed by atoms with van der Waals surface area (Å²) >= 11 is 0. The van der Waals surface area contributed by atoms with E-state index in [4.69, 9.17) is 4.74 Å². The van der Waals surface area contributed by atoms with Crippen molar-refractivity contribution in [3.05, 3.63) is 100 Å². The maximum absolute atomic E-state index is 13.4. The number of imidazole rings is 1. The lowest BCUT2D eigenvalue weighted by molar-refractivity contribution is 0.101. The van der Waals surface area contributed by atoms with Gasteiger partial charge in [-0.15, -0.1) is 0 Å². The number of carbonyl (C=O) groups excluding carboxylic acids is 1. The summed E-state index contributed by atoms with van der Waals surface area (Å²) in [6.45, 7) is 0.977. The number of hydrogen-bond acceptors (Lipinski definition) is 5. The molecular weight excluding hydrogens is 425 g/mol. The monoisotopic (exact) mass is 447 g/mol. The fraction of sp³-hybridized carbons (Fsp3) is 0.167. The first kappa shape index (κ1) is 22.1. The van der Waals surface area contributed by atoms with Crippen LogP contribution in [0, 0.1) is 5.82 Å². The number of carbonyl (C=O) groups is 1. The van der Waals surface area contributed by atoms with Gasteiger partial charge in [-0.1, -0.05) is 30.3 Å². The molecule has 0 aliphatic rings. The Morgan fingerprint density at radius 3 is 2.55 bits per heavy atom. The van der Waals surface area contributed by atoms with Crippen LogP contribution in [-0.4, -0.2) is 39.0 Å². The summed E-state index contributed by atoms with van der Waals surface area (Å²) in [4.78, 5) is 29.5. The smallest absolute Gasteiger partial charge is 0.277 e. The molecule has 1 amide bonds. The van der Waals surface area contributed by atoms with Crippen LogP contribution in [0.5, 0.6) is 0 Å². The molecule has 2 aromatic heterocycles. The maximum Gasteiger partial charge on any atom is 0.277 e. The number of hydrogen-bond donors (Lipinski definition) is 1. The first-order valence-electron chi connectivity index (χ1n) is 10.3. The molecule has 0 aliphatic carbocycles. The van der Waals surface area contributed by atoms with Crippen LogP contribution in [-0.2, 0) is 17.8 Å². The number of rotatable bonds is 8. The largest absolute Gasteiger partial charge is 0.383 e. The molecule has 8 nitrogen and oxygen atoms in total. The Morgan fingerprint density at radius 2 is 1.82 bits per heavy atom. The van der Waals surface area contributed by atoms with Crippen LogP contribution in [0.2, 0.25) is 0 Å². The molecule has 0 aliphatic heterocycles. The van der Waals surface area contributed by atoms with Gasteiger partial charge < -0.3 is 14.6 Å². The first-order valence-corrected chi connectivity index (χ1v) is 10.3. The van der Waals surface area contributed by atoms with Crippen LogP contribution in [0.4, 0.5) is 10.2 Å². The predicted molar refractivity (Wildman–Crippen MR) is 121 cm³/mol. The number of ether oxygens (including phenoxy) is 1. The molecular formula is C24H22FN5O3. The van der Waals surface area contributed by atoms with Gasteiger partial charge in [0.15, 0.2) is 0 Å². The van der Waals surface area contributed by atoms with Crippen molar-refractivity contribution in [2.75, 3.05) is 19.0 Å². The van der Waals surface area contributed by atoms with Gasteiger partial charge in [-0.3, -0.25) is 9.59 Å². The Morgan fingerprint density at radius 1 is 1.06 bits per heavy atom. The Kier molecular flexibility index (Phi) is 6.70. The second kappa shape index (κ2) is 10.0. The molecule has 0 unspecified atom stereocenters. The van der Waals surface area contributed by atoms with Crippen molar-refractivity contribution >= 4 is 11.7 Å². The molecule has 0 bridgehead atoms. The fourth-order valence-electron chi connectivity index (χ4n) is 3.31. The molecule has 168 valence electrons. The second-order valence-corrected chi connectivity index (χ2v) is 7.29. The Hall–Kier alpha value is -4.11. The molecule has 0 fully saturated rings. The predicted octanol–water partition coefficient (Wildman–Crippen LogP) is 3.19. The normalized spacial score (nSPS) is 10.8. The van der Waals surface area contributed by atoms with E-state index in [1.165, 1.54) is 36.1 Å². The zero-order valence-corrected chi connectivity index (χ0v) is 17.9. The molecule has 4 aromatic rings. The highest BCUT2D eigenvalue weighted by Gasteiger charge is 2.18.